The number of nitrogens with one attached hydrogen (secondary N) is 2. The minimum atomic E-state index is -0.305. The fourth-order valence-corrected chi connectivity index (χ4v) is 3.36. The topological polar surface area (TPSA) is 50.4 Å². The number of fused-ring (bicyclic) bond motifs is 1. The van der Waals surface area contributed by atoms with Gasteiger partial charge >= 0.3 is 0 Å². The Labute approximate surface area is 131 Å². The summed E-state index contributed by atoms with van der Waals surface area (Å²) in [7, 11) is 1.60. The molecule has 0 spiro atoms. The van der Waals surface area contributed by atoms with Crippen molar-refractivity contribution in [2.75, 3.05) is 13.7 Å². The smallest absolute Gasteiger partial charge is 0.269 e. The van der Waals surface area contributed by atoms with E-state index in [-0.39, 0.29) is 5.91 Å². The van der Waals surface area contributed by atoms with Gasteiger partial charge in [-0.3, -0.25) is 10.1 Å². The Kier molecular flexibility index (Phi) is 4.80. The molecule has 1 aromatic heterocycles. The molecular formula is C13H13ClN2O2S2. The molecule has 0 atom stereocenters. The number of carbonyl (C=O) groups excluding carboxylic acids is 1. The van der Waals surface area contributed by atoms with E-state index >= 15 is 0 Å². The molecule has 1 amide bonds. The van der Waals surface area contributed by atoms with Gasteiger partial charge in [-0.1, -0.05) is 11.6 Å². The molecule has 1 heterocycles. The quantitative estimate of drug-likeness (QED) is 0.850. The van der Waals surface area contributed by atoms with Crippen molar-refractivity contribution in [1.82, 2.24) is 10.6 Å². The van der Waals surface area contributed by atoms with Gasteiger partial charge < -0.3 is 10.1 Å². The summed E-state index contributed by atoms with van der Waals surface area (Å²) in [4.78, 5) is 12.6. The molecule has 0 saturated heterocycles. The van der Waals surface area contributed by atoms with Gasteiger partial charge in [-0.15, -0.1) is 11.3 Å². The van der Waals surface area contributed by atoms with Crippen LogP contribution in [0.1, 0.15) is 16.6 Å². The van der Waals surface area contributed by atoms with Crippen molar-refractivity contribution < 1.29 is 9.53 Å². The summed E-state index contributed by atoms with van der Waals surface area (Å²) in [5.74, 6) is 0.423. The van der Waals surface area contributed by atoms with Crippen LogP contribution in [0.15, 0.2) is 18.2 Å². The highest BCUT2D eigenvalue weighted by Gasteiger charge is 2.18. The van der Waals surface area contributed by atoms with Crippen molar-refractivity contribution in [3.63, 3.8) is 0 Å². The number of ether oxygens (including phenoxy) is 1. The molecule has 4 nitrogen and oxygen atoms in total. The number of halogens is 1. The van der Waals surface area contributed by atoms with Crippen LogP contribution < -0.4 is 15.4 Å². The van der Waals surface area contributed by atoms with E-state index in [0.717, 1.165) is 15.8 Å². The second-order valence-electron chi connectivity index (χ2n) is 3.92. The second kappa shape index (κ2) is 6.39. The third-order valence-electron chi connectivity index (χ3n) is 2.61. The standard InChI is InChI=1S/C13H13ClN2O2S2/c1-3-15-13(19)16-12(17)11-10(14)8-5-4-7(18-2)6-9(8)20-11/h4-6H,3H2,1-2H3,(H2,15,16,17,19). The first-order chi connectivity index (χ1) is 9.56. The first-order valence-corrected chi connectivity index (χ1v) is 7.52. The zero-order valence-corrected chi connectivity index (χ0v) is 13.3. The molecule has 0 saturated carbocycles. The van der Waals surface area contributed by atoms with E-state index in [1.807, 2.05) is 25.1 Å². The number of amides is 1. The zero-order chi connectivity index (χ0) is 14.7. The van der Waals surface area contributed by atoms with E-state index in [2.05, 4.69) is 10.6 Å². The lowest BCUT2D eigenvalue weighted by Gasteiger charge is -2.06. The van der Waals surface area contributed by atoms with Crippen LogP contribution in [0.2, 0.25) is 5.02 Å². The van der Waals surface area contributed by atoms with Crippen molar-refractivity contribution in [1.29, 1.82) is 0 Å². The molecule has 0 aliphatic rings. The summed E-state index contributed by atoms with van der Waals surface area (Å²) in [6.07, 6.45) is 0. The summed E-state index contributed by atoms with van der Waals surface area (Å²) in [6.45, 7) is 2.55. The number of thiocarbonyl (C=S) groups is 1. The maximum Gasteiger partial charge on any atom is 0.269 e. The lowest BCUT2D eigenvalue weighted by molar-refractivity contribution is 0.0981. The van der Waals surface area contributed by atoms with Gasteiger partial charge in [0.1, 0.15) is 10.6 Å². The summed E-state index contributed by atoms with van der Waals surface area (Å²) in [5, 5.41) is 7.02. The van der Waals surface area contributed by atoms with E-state index in [1.54, 1.807) is 7.11 Å². The average molecular weight is 329 g/mol. The molecule has 0 fully saturated rings. The molecule has 2 aromatic rings. The Morgan fingerprint density at radius 2 is 2.25 bits per heavy atom. The largest absolute Gasteiger partial charge is 0.497 e. The van der Waals surface area contributed by atoms with Crippen LogP contribution >= 0.6 is 35.2 Å². The van der Waals surface area contributed by atoms with Gasteiger partial charge in [0.05, 0.1) is 12.1 Å². The first-order valence-electron chi connectivity index (χ1n) is 5.92. The van der Waals surface area contributed by atoms with Gasteiger partial charge in [0.15, 0.2) is 5.11 Å². The molecule has 106 valence electrons. The number of hydrogen-bond donors (Lipinski definition) is 2. The van der Waals surface area contributed by atoms with Crippen LogP contribution in [0, 0.1) is 0 Å². The van der Waals surface area contributed by atoms with E-state index in [4.69, 9.17) is 28.6 Å². The number of methoxy groups -OCH3 is 1. The summed E-state index contributed by atoms with van der Waals surface area (Å²) in [5.41, 5.74) is 0. The summed E-state index contributed by atoms with van der Waals surface area (Å²) >= 11 is 12.6. The first kappa shape index (κ1) is 15.0. The van der Waals surface area contributed by atoms with Crippen LogP contribution in [0.3, 0.4) is 0 Å². The van der Waals surface area contributed by atoms with Crippen molar-refractivity contribution in [2.24, 2.45) is 0 Å². The van der Waals surface area contributed by atoms with Crippen LogP contribution in [0.5, 0.6) is 5.75 Å². The Morgan fingerprint density at radius 1 is 1.50 bits per heavy atom. The maximum atomic E-state index is 12.1. The summed E-state index contributed by atoms with van der Waals surface area (Å²) < 4.78 is 6.06. The minimum absolute atomic E-state index is 0.295. The van der Waals surface area contributed by atoms with Crippen molar-refractivity contribution in [3.05, 3.63) is 28.1 Å². The predicted molar refractivity (Wildman–Crippen MR) is 87.1 cm³/mol. The van der Waals surface area contributed by atoms with Crippen molar-refractivity contribution >= 4 is 56.3 Å². The Morgan fingerprint density at radius 3 is 2.90 bits per heavy atom. The van der Waals surface area contributed by atoms with Gasteiger partial charge in [-0.05, 0) is 37.3 Å². The molecule has 0 radical (unpaired) electrons. The van der Waals surface area contributed by atoms with E-state index < -0.39 is 0 Å². The van der Waals surface area contributed by atoms with Gasteiger partial charge in [0, 0.05) is 16.6 Å². The number of rotatable bonds is 3. The Balaban J connectivity index is 2.32. The van der Waals surface area contributed by atoms with Crippen LogP contribution in [0.4, 0.5) is 0 Å². The Bertz CT molecular complexity index is 670. The number of thiophene rings is 1. The molecule has 0 aliphatic carbocycles. The Hall–Kier alpha value is -1.37. The van der Waals surface area contributed by atoms with E-state index in [1.165, 1.54) is 11.3 Å². The van der Waals surface area contributed by atoms with Gasteiger partial charge in [-0.2, -0.15) is 0 Å². The normalized spacial score (nSPS) is 10.3. The number of benzene rings is 1. The number of hydrogen-bond acceptors (Lipinski definition) is 4. The molecule has 1 aromatic carbocycles. The monoisotopic (exact) mass is 328 g/mol. The lowest BCUT2D eigenvalue weighted by Crippen LogP contribution is -2.38. The fraction of sp³-hybridized carbons (Fsp3) is 0.231. The third-order valence-corrected chi connectivity index (χ3v) is 4.51. The molecule has 0 unspecified atom stereocenters. The molecule has 7 heteroatoms. The third kappa shape index (κ3) is 3.03. The van der Waals surface area contributed by atoms with Crippen molar-refractivity contribution in [2.45, 2.75) is 6.92 Å². The number of carbonyl (C=O) groups is 1. The van der Waals surface area contributed by atoms with Gasteiger partial charge in [-0.25, -0.2) is 0 Å². The molecule has 2 rings (SSSR count). The zero-order valence-electron chi connectivity index (χ0n) is 11.0. The van der Waals surface area contributed by atoms with Crippen LogP contribution in [0.25, 0.3) is 10.1 Å². The molecule has 20 heavy (non-hydrogen) atoms. The highest BCUT2D eigenvalue weighted by molar-refractivity contribution is 7.80. The van der Waals surface area contributed by atoms with Crippen molar-refractivity contribution in [3.8, 4) is 5.75 Å². The molecule has 0 aliphatic heterocycles. The molecule has 0 bridgehead atoms. The maximum absolute atomic E-state index is 12.1. The van der Waals surface area contributed by atoms with E-state index in [9.17, 15) is 4.79 Å². The van der Waals surface area contributed by atoms with Crippen LogP contribution in [-0.2, 0) is 0 Å². The molecular weight excluding hydrogens is 316 g/mol. The molecule has 2 N–H and O–H groups in total. The lowest BCUT2D eigenvalue weighted by atomic mass is 10.2. The highest BCUT2D eigenvalue weighted by atomic mass is 35.5. The fourth-order valence-electron chi connectivity index (χ4n) is 1.68. The highest BCUT2D eigenvalue weighted by Crippen LogP contribution is 2.37. The predicted octanol–water partition coefficient (Wildman–Crippen LogP) is 3.19. The minimum Gasteiger partial charge on any atom is -0.497 e. The second-order valence-corrected chi connectivity index (χ2v) is 5.76. The van der Waals surface area contributed by atoms with Gasteiger partial charge in [0.25, 0.3) is 5.91 Å². The van der Waals surface area contributed by atoms with Crippen LogP contribution in [-0.4, -0.2) is 24.7 Å². The van der Waals surface area contributed by atoms with Gasteiger partial charge in [0.2, 0.25) is 0 Å². The van der Waals surface area contributed by atoms with E-state index in [0.29, 0.717) is 21.6 Å². The SMILES string of the molecule is CCNC(=S)NC(=O)c1sc2cc(OC)ccc2c1Cl. The average Bonchev–Trinajstić information content (AvgIpc) is 2.75. The summed E-state index contributed by atoms with van der Waals surface area (Å²) in [6, 6.07) is 5.50.